The van der Waals surface area contributed by atoms with E-state index in [1.165, 1.54) is 52.7 Å². The summed E-state index contributed by atoms with van der Waals surface area (Å²) in [5.41, 5.74) is -0.900. The smallest absolute Gasteiger partial charge is 0.416 e. The van der Waals surface area contributed by atoms with Gasteiger partial charge in [-0.3, -0.25) is 4.79 Å². The largest absolute Gasteiger partial charge is 0.496 e. The van der Waals surface area contributed by atoms with Gasteiger partial charge in [0, 0.05) is 6.07 Å². The first kappa shape index (κ1) is 22.3. The van der Waals surface area contributed by atoms with E-state index in [1.54, 1.807) is 6.07 Å². The first-order valence-corrected chi connectivity index (χ1v) is 9.69. The molecule has 4 aromatic rings. The Morgan fingerprint density at radius 2 is 1.48 bits per heavy atom. The first-order valence-electron chi connectivity index (χ1n) is 9.69. The summed E-state index contributed by atoms with van der Waals surface area (Å²) in [5.74, 6) is 0.819. The molecule has 0 atom stereocenters. The van der Waals surface area contributed by atoms with Gasteiger partial charge in [0.2, 0.25) is 11.2 Å². The van der Waals surface area contributed by atoms with Crippen molar-refractivity contribution < 1.29 is 36.5 Å². The lowest BCUT2D eigenvalue weighted by Crippen LogP contribution is -2.08. The summed E-state index contributed by atoms with van der Waals surface area (Å²) < 4.78 is 67.9. The summed E-state index contributed by atoms with van der Waals surface area (Å²) in [6.07, 6.45) is -4.56. The number of fused-ring (bicyclic) bond motifs is 2. The van der Waals surface area contributed by atoms with E-state index in [2.05, 4.69) is 0 Å². The number of rotatable bonds is 5. The molecule has 4 rings (SSSR count). The Morgan fingerprint density at radius 3 is 2.09 bits per heavy atom. The summed E-state index contributed by atoms with van der Waals surface area (Å²) in [7, 11) is 5.56. The molecule has 1 heterocycles. The van der Waals surface area contributed by atoms with E-state index in [-0.39, 0.29) is 50.3 Å². The van der Waals surface area contributed by atoms with Crippen LogP contribution < -0.4 is 24.4 Å². The molecule has 0 saturated heterocycles. The lowest BCUT2D eigenvalue weighted by atomic mass is 9.98. The number of alkyl halides is 3. The topological polar surface area (TPSA) is 67.1 Å². The molecule has 0 unspecified atom stereocenters. The first-order chi connectivity index (χ1) is 15.7. The molecule has 0 N–H and O–H groups in total. The van der Waals surface area contributed by atoms with Crippen LogP contribution in [0.4, 0.5) is 13.2 Å². The minimum atomic E-state index is -4.56. The standard InChI is InChI=1S/C24H19F3O6/c1-29-15-9-8-14-20(28)19-17(31-3)11-16(30-2)18(23(19)33-21(14)22(15)32-4)12-6-5-7-13(10-12)24(25,26)27/h5-11H,1-4H3. The molecule has 0 fully saturated rings. The van der Waals surface area contributed by atoms with Gasteiger partial charge < -0.3 is 23.4 Å². The van der Waals surface area contributed by atoms with Crippen molar-refractivity contribution in [2.45, 2.75) is 6.18 Å². The van der Waals surface area contributed by atoms with Crippen LogP contribution in [0.3, 0.4) is 0 Å². The van der Waals surface area contributed by atoms with Crippen LogP contribution in [-0.2, 0) is 6.18 Å². The average molecular weight is 460 g/mol. The maximum atomic E-state index is 13.5. The summed E-state index contributed by atoms with van der Waals surface area (Å²) >= 11 is 0. The van der Waals surface area contributed by atoms with Crippen LogP contribution in [0.15, 0.2) is 51.7 Å². The third kappa shape index (κ3) is 3.59. The van der Waals surface area contributed by atoms with Gasteiger partial charge in [-0.05, 0) is 29.8 Å². The highest BCUT2D eigenvalue weighted by molar-refractivity contribution is 6.04. The van der Waals surface area contributed by atoms with Gasteiger partial charge in [0.1, 0.15) is 16.9 Å². The van der Waals surface area contributed by atoms with E-state index in [9.17, 15) is 18.0 Å². The van der Waals surface area contributed by atoms with E-state index in [0.717, 1.165) is 12.1 Å². The zero-order valence-corrected chi connectivity index (χ0v) is 18.1. The third-order valence-corrected chi connectivity index (χ3v) is 5.30. The summed E-state index contributed by atoms with van der Waals surface area (Å²) in [6, 6.07) is 9.21. The van der Waals surface area contributed by atoms with Gasteiger partial charge in [-0.1, -0.05) is 12.1 Å². The Morgan fingerprint density at radius 1 is 0.788 bits per heavy atom. The number of hydrogen-bond donors (Lipinski definition) is 0. The predicted molar refractivity (Wildman–Crippen MR) is 117 cm³/mol. The van der Waals surface area contributed by atoms with Crippen LogP contribution in [-0.4, -0.2) is 28.4 Å². The fourth-order valence-corrected chi connectivity index (χ4v) is 3.79. The quantitative estimate of drug-likeness (QED) is 0.358. The van der Waals surface area contributed by atoms with Crippen LogP contribution in [0.25, 0.3) is 33.1 Å². The van der Waals surface area contributed by atoms with Crippen LogP contribution in [0.1, 0.15) is 5.56 Å². The van der Waals surface area contributed by atoms with E-state index in [4.69, 9.17) is 23.4 Å². The van der Waals surface area contributed by atoms with Crippen molar-refractivity contribution in [3.8, 4) is 34.1 Å². The molecule has 0 bridgehead atoms. The van der Waals surface area contributed by atoms with Gasteiger partial charge >= 0.3 is 6.18 Å². The van der Waals surface area contributed by atoms with Gasteiger partial charge in [-0.15, -0.1) is 0 Å². The zero-order chi connectivity index (χ0) is 23.9. The fraction of sp³-hybridized carbons (Fsp3) is 0.208. The Bertz CT molecular complexity index is 1420. The Balaban J connectivity index is 2.22. The van der Waals surface area contributed by atoms with E-state index in [0.29, 0.717) is 5.75 Å². The number of ether oxygens (including phenoxy) is 4. The lowest BCUT2D eigenvalue weighted by molar-refractivity contribution is -0.137. The number of methoxy groups -OCH3 is 4. The van der Waals surface area contributed by atoms with Crippen molar-refractivity contribution in [2.75, 3.05) is 28.4 Å². The van der Waals surface area contributed by atoms with E-state index < -0.39 is 17.2 Å². The highest BCUT2D eigenvalue weighted by atomic mass is 19.4. The normalized spacial score (nSPS) is 11.6. The Hall–Kier alpha value is -3.88. The molecule has 9 heteroatoms. The van der Waals surface area contributed by atoms with Crippen molar-refractivity contribution in [1.29, 1.82) is 0 Å². The van der Waals surface area contributed by atoms with Gasteiger partial charge in [0.25, 0.3) is 0 Å². The Labute approximate surface area is 186 Å². The van der Waals surface area contributed by atoms with Gasteiger partial charge in [-0.2, -0.15) is 13.2 Å². The fourth-order valence-electron chi connectivity index (χ4n) is 3.79. The van der Waals surface area contributed by atoms with Crippen molar-refractivity contribution in [1.82, 2.24) is 0 Å². The van der Waals surface area contributed by atoms with Gasteiger partial charge in [0.05, 0.1) is 45.0 Å². The number of halogens is 3. The summed E-state index contributed by atoms with van der Waals surface area (Å²) in [4.78, 5) is 13.5. The summed E-state index contributed by atoms with van der Waals surface area (Å²) in [6.45, 7) is 0. The van der Waals surface area contributed by atoms with Crippen LogP contribution in [0.5, 0.6) is 23.0 Å². The van der Waals surface area contributed by atoms with Crippen LogP contribution in [0, 0.1) is 0 Å². The molecule has 0 aliphatic rings. The summed E-state index contributed by atoms with van der Waals surface area (Å²) in [5, 5.41) is 0.254. The SMILES string of the molecule is COc1ccc2c(=O)c3c(OC)cc(OC)c(-c4cccc(C(F)(F)F)c4)c3oc2c1OC. The molecule has 33 heavy (non-hydrogen) atoms. The second-order valence-corrected chi connectivity index (χ2v) is 7.05. The highest BCUT2D eigenvalue weighted by Gasteiger charge is 2.31. The number of benzene rings is 3. The zero-order valence-electron chi connectivity index (χ0n) is 18.1. The van der Waals surface area contributed by atoms with Crippen molar-refractivity contribution in [3.05, 3.63) is 58.3 Å². The second kappa shape index (κ2) is 8.23. The van der Waals surface area contributed by atoms with Gasteiger partial charge in [0.15, 0.2) is 16.9 Å². The van der Waals surface area contributed by atoms with Crippen LogP contribution >= 0.6 is 0 Å². The maximum absolute atomic E-state index is 13.5. The molecular formula is C24H19F3O6. The van der Waals surface area contributed by atoms with Crippen molar-refractivity contribution in [3.63, 3.8) is 0 Å². The highest BCUT2D eigenvalue weighted by Crippen LogP contribution is 2.45. The predicted octanol–water partition coefficient (Wildman–Crippen LogP) is 5.67. The molecule has 1 aromatic heterocycles. The minimum absolute atomic E-state index is 0.00502. The van der Waals surface area contributed by atoms with Gasteiger partial charge in [-0.25, -0.2) is 0 Å². The second-order valence-electron chi connectivity index (χ2n) is 7.05. The molecule has 0 aliphatic heterocycles. The molecule has 0 saturated carbocycles. The molecule has 0 radical (unpaired) electrons. The van der Waals surface area contributed by atoms with E-state index in [1.807, 2.05) is 0 Å². The monoisotopic (exact) mass is 460 g/mol. The van der Waals surface area contributed by atoms with Crippen LogP contribution in [0.2, 0.25) is 0 Å². The molecular weight excluding hydrogens is 441 g/mol. The molecule has 0 amide bonds. The Kier molecular flexibility index (Phi) is 5.57. The molecule has 172 valence electrons. The molecule has 0 aliphatic carbocycles. The van der Waals surface area contributed by atoms with E-state index >= 15 is 0 Å². The maximum Gasteiger partial charge on any atom is 0.416 e. The van der Waals surface area contributed by atoms with Crippen molar-refractivity contribution in [2.24, 2.45) is 0 Å². The van der Waals surface area contributed by atoms with Crippen molar-refractivity contribution >= 4 is 21.9 Å². The molecule has 3 aromatic carbocycles. The lowest BCUT2D eigenvalue weighted by Gasteiger charge is -2.17. The average Bonchev–Trinajstić information content (AvgIpc) is 2.81. The third-order valence-electron chi connectivity index (χ3n) is 5.30. The number of hydrogen-bond acceptors (Lipinski definition) is 6. The minimum Gasteiger partial charge on any atom is -0.496 e. The molecule has 6 nitrogen and oxygen atoms in total. The molecule has 0 spiro atoms.